The van der Waals surface area contributed by atoms with Gasteiger partial charge in [0.2, 0.25) is 0 Å². The highest BCUT2D eigenvalue weighted by Gasteiger charge is 2.30. The van der Waals surface area contributed by atoms with Crippen LogP contribution >= 0.6 is 11.3 Å². The van der Waals surface area contributed by atoms with E-state index >= 15 is 0 Å². The lowest BCUT2D eigenvalue weighted by atomic mass is 9.95. The van der Waals surface area contributed by atoms with E-state index < -0.39 is 0 Å². The van der Waals surface area contributed by atoms with Gasteiger partial charge in [-0.2, -0.15) is 0 Å². The number of thiophene rings is 1. The van der Waals surface area contributed by atoms with E-state index in [1.807, 2.05) is 11.3 Å². The predicted molar refractivity (Wildman–Crippen MR) is 70.2 cm³/mol. The molecule has 1 aliphatic carbocycles. The zero-order chi connectivity index (χ0) is 11.5. The Hall–Kier alpha value is -0.380. The molecule has 1 saturated carbocycles. The summed E-state index contributed by atoms with van der Waals surface area (Å²) in [6, 6.07) is 4.79. The van der Waals surface area contributed by atoms with Crippen molar-refractivity contribution >= 4 is 11.3 Å². The van der Waals surface area contributed by atoms with Crippen molar-refractivity contribution in [1.29, 1.82) is 0 Å². The summed E-state index contributed by atoms with van der Waals surface area (Å²) in [6.45, 7) is 4.46. The largest absolute Gasteiger partial charge is 0.271 e. The molecule has 2 nitrogen and oxygen atoms in total. The van der Waals surface area contributed by atoms with E-state index in [0.29, 0.717) is 6.04 Å². The number of rotatable bonds is 4. The average molecular weight is 238 g/mol. The molecule has 3 unspecified atom stereocenters. The predicted octanol–water partition coefficient (Wildman–Crippen LogP) is 3.39. The van der Waals surface area contributed by atoms with Crippen LogP contribution in [0.15, 0.2) is 12.1 Å². The molecular weight excluding hydrogens is 216 g/mol. The van der Waals surface area contributed by atoms with E-state index in [9.17, 15) is 0 Å². The van der Waals surface area contributed by atoms with Crippen molar-refractivity contribution in [1.82, 2.24) is 5.43 Å². The van der Waals surface area contributed by atoms with Gasteiger partial charge < -0.3 is 0 Å². The van der Waals surface area contributed by atoms with E-state index in [4.69, 9.17) is 5.84 Å². The molecule has 16 heavy (non-hydrogen) atoms. The molecule has 1 fully saturated rings. The molecule has 0 saturated heterocycles. The van der Waals surface area contributed by atoms with Crippen LogP contribution in [0.25, 0.3) is 0 Å². The van der Waals surface area contributed by atoms with Crippen molar-refractivity contribution in [2.24, 2.45) is 17.7 Å². The minimum absolute atomic E-state index is 0.371. The van der Waals surface area contributed by atoms with Crippen LogP contribution in [0.3, 0.4) is 0 Å². The van der Waals surface area contributed by atoms with Gasteiger partial charge in [0.1, 0.15) is 0 Å². The van der Waals surface area contributed by atoms with Gasteiger partial charge >= 0.3 is 0 Å². The molecular formula is C13H22N2S. The Morgan fingerprint density at radius 1 is 1.50 bits per heavy atom. The van der Waals surface area contributed by atoms with Crippen LogP contribution in [0.5, 0.6) is 0 Å². The van der Waals surface area contributed by atoms with Gasteiger partial charge in [-0.3, -0.25) is 11.3 Å². The summed E-state index contributed by atoms with van der Waals surface area (Å²) in [4.78, 5) is 2.78. The second kappa shape index (κ2) is 5.30. The molecule has 1 aromatic rings. The topological polar surface area (TPSA) is 38.0 Å². The third kappa shape index (κ3) is 2.47. The third-order valence-electron chi connectivity index (χ3n) is 3.88. The average Bonchev–Trinajstić information content (AvgIpc) is 2.89. The normalized spacial score (nSPS) is 27.2. The summed E-state index contributed by atoms with van der Waals surface area (Å²) in [5, 5.41) is 0. The van der Waals surface area contributed by atoms with Gasteiger partial charge in [0.15, 0.2) is 0 Å². The Kier molecular flexibility index (Phi) is 4.00. The maximum atomic E-state index is 5.74. The fourth-order valence-corrected chi connectivity index (χ4v) is 3.89. The van der Waals surface area contributed by atoms with Crippen molar-refractivity contribution in [3.8, 4) is 0 Å². The summed E-state index contributed by atoms with van der Waals surface area (Å²) in [7, 11) is 0. The van der Waals surface area contributed by atoms with Gasteiger partial charge in [0, 0.05) is 9.75 Å². The number of aryl methyl sites for hydroxylation is 1. The molecule has 0 aliphatic heterocycles. The summed E-state index contributed by atoms with van der Waals surface area (Å²) in [5.41, 5.74) is 3.03. The van der Waals surface area contributed by atoms with E-state index in [0.717, 1.165) is 11.8 Å². The Morgan fingerprint density at radius 3 is 2.81 bits per heavy atom. The van der Waals surface area contributed by atoms with Gasteiger partial charge in [0.05, 0.1) is 6.04 Å². The van der Waals surface area contributed by atoms with E-state index in [1.54, 1.807) is 0 Å². The first-order chi connectivity index (χ1) is 7.74. The molecule has 0 aromatic carbocycles. The monoisotopic (exact) mass is 238 g/mol. The Labute approximate surface area is 102 Å². The molecule has 0 amide bonds. The smallest absolute Gasteiger partial charge is 0.0581 e. The first-order valence-corrected chi connectivity index (χ1v) is 7.08. The fourth-order valence-electron chi connectivity index (χ4n) is 2.86. The first-order valence-electron chi connectivity index (χ1n) is 6.27. The maximum absolute atomic E-state index is 5.74. The number of nitrogens with two attached hydrogens (primary N) is 1. The lowest BCUT2D eigenvalue weighted by molar-refractivity contribution is 0.363. The van der Waals surface area contributed by atoms with Crippen molar-refractivity contribution < 1.29 is 0 Å². The number of hydrogen-bond donors (Lipinski definition) is 2. The molecule has 90 valence electrons. The molecule has 1 heterocycles. The van der Waals surface area contributed by atoms with Crippen LogP contribution in [-0.2, 0) is 0 Å². The number of nitrogens with one attached hydrogen (secondary N) is 1. The van der Waals surface area contributed by atoms with Crippen molar-refractivity contribution in [2.75, 3.05) is 0 Å². The number of hydrazine groups is 1. The van der Waals surface area contributed by atoms with Crippen LogP contribution in [0.1, 0.15) is 48.4 Å². The second-order valence-electron chi connectivity index (χ2n) is 4.94. The molecule has 2 rings (SSSR count). The maximum Gasteiger partial charge on any atom is 0.0581 e. The minimum Gasteiger partial charge on any atom is -0.271 e. The highest BCUT2D eigenvalue weighted by Crippen LogP contribution is 2.41. The second-order valence-corrected chi connectivity index (χ2v) is 6.26. The highest BCUT2D eigenvalue weighted by atomic mass is 32.1. The first kappa shape index (κ1) is 12.1. The summed E-state index contributed by atoms with van der Waals surface area (Å²) in [5.74, 6) is 7.39. The highest BCUT2D eigenvalue weighted by molar-refractivity contribution is 7.12. The van der Waals surface area contributed by atoms with Gasteiger partial charge in [-0.25, -0.2) is 0 Å². The summed E-state index contributed by atoms with van der Waals surface area (Å²) in [6.07, 6.45) is 5.35. The van der Waals surface area contributed by atoms with Crippen LogP contribution in [0, 0.1) is 18.8 Å². The quantitative estimate of drug-likeness (QED) is 0.623. The summed E-state index contributed by atoms with van der Waals surface area (Å²) >= 11 is 1.87. The Bertz CT molecular complexity index is 334. The van der Waals surface area contributed by atoms with Gasteiger partial charge in [-0.15, -0.1) is 11.3 Å². The summed E-state index contributed by atoms with van der Waals surface area (Å²) < 4.78 is 0. The Balaban J connectivity index is 2.06. The van der Waals surface area contributed by atoms with E-state index in [1.165, 1.54) is 35.4 Å². The third-order valence-corrected chi connectivity index (χ3v) is 4.96. The van der Waals surface area contributed by atoms with Crippen molar-refractivity contribution in [2.45, 2.75) is 45.6 Å². The van der Waals surface area contributed by atoms with Gasteiger partial charge in [0.25, 0.3) is 0 Å². The molecule has 0 radical (unpaired) electrons. The SMILES string of the molecule is CCC1CCC(C(NN)c2ccc(C)s2)C1. The molecule has 3 atom stereocenters. The van der Waals surface area contributed by atoms with E-state index in [2.05, 4.69) is 31.4 Å². The Morgan fingerprint density at radius 2 is 2.31 bits per heavy atom. The van der Waals surface area contributed by atoms with Gasteiger partial charge in [-0.1, -0.05) is 19.8 Å². The van der Waals surface area contributed by atoms with Crippen molar-refractivity contribution in [3.63, 3.8) is 0 Å². The van der Waals surface area contributed by atoms with Crippen LogP contribution in [-0.4, -0.2) is 0 Å². The standard InChI is InChI=1S/C13H22N2S/c1-3-10-5-6-11(8-10)13(15-14)12-7-4-9(2)16-12/h4,7,10-11,13,15H,3,5-6,8,14H2,1-2H3. The minimum atomic E-state index is 0.371. The van der Waals surface area contributed by atoms with Crippen molar-refractivity contribution in [3.05, 3.63) is 21.9 Å². The molecule has 3 heteroatoms. The molecule has 1 aliphatic rings. The lowest BCUT2D eigenvalue weighted by Crippen LogP contribution is -2.32. The van der Waals surface area contributed by atoms with Crippen LogP contribution in [0.2, 0.25) is 0 Å². The zero-order valence-electron chi connectivity index (χ0n) is 10.2. The number of hydrogen-bond acceptors (Lipinski definition) is 3. The lowest BCUT2D eigenvalue weighted by Gasteiger charge is -2.21. The van der Waals surface area contributed by atoms with Crippen LogP contribution < -0.4 is 11.3 Å². The zero-order valence-corrected chi connectivity index (χ0v) is 11.0. The van der Waals surface area contributed by atoms with Gasteiger partial charge in [-0.05, 0) is 43.7 Å². The van der Waals surface area contributed by atoms with E-state index in [-0.39, 0.29) is 0 Å². The molecule has 0 bridgehead atoms. The molecule has 0 spiro atoms. The molecule has 3 N–H and O–H groups in total. The van der Waals surface area contributed by atoms with Crippen LogP contribution in [0.4, 0.5) is 0 Å². The fraction of sp³-hybridized carbons (Fsp3) is 0.692. The molecule has 1 aromatic heterocycles.